The molecule has 0 aliphatic carbocycles. The van der Waals surface area contributed by atoms with E-state index in [1.54, 1.807) is 24.3 Å². The number of halogens is 5. The summed E-state index contributed by atoms with van der Waals surface area (Å²) in [5.41, 5.74) is 0.695. The highest BCUT2D eigenvalue weighted by molar-refractivity contribution is 6.42. The first-order valence-corrected chi connectivity index (χ1v) is 7.67. The van der Waals surface area contributed by atoms with Crippen LogP contribution in [0, 0.1) is 11.9 Å². The molecule has 1 radical (unpaired) electrons. The van der Waals surface area contributed by atoms with Crippen LogP contribution in [-0.4, -0.2) is 19.2 Å². The number of benzene rings is 2. The van der Waals surface area contributed by atoms with Gasteiger partial charge in [0.05, 0.1) is 16.1 Å². The van der Waals surface area contributed by atoms with Crippen LogP contribution in [0.3, 0.4) is 0 Å². The van der Waals surface area contributed by atoms with E-state index in [2.05, 4.69) is 11.2 Å². The molecule has 2 aromatic carbocycles. The van der Waals surface area contributed by atoms with Gasteiger partial charge in [0.25, 0.3) is 6.43 Å². The first-order chi connectivity index (χ1) is 11.3. The number of rotatable bonds is 3. The molecule has 24 heavy (non-hydrogen) atoms. The van der Waals surface area contributed by atoms with Crippen LogP contribution in [0.4, 0.5) is 18.9 Å². The maximum absolute atomic E-state index is 14.6. The molecule has 123 valence electrons. The minimum atomic E-state index is -2.78. The summed E-state index contributed by atoms with van der Waals surface area (Å²) in [5, 5.41) is 4.59. The molecule has 0 aromatic heterocycles. The summed E-state index contributed by atoms with van der Waals surface area (Å²) < 4.78 is 39.8. The molecule has 1 atom stereocenters. The van der Waals surface area contributed by atoms with Crippen molar-refractivity contribution in [2.45, 2.75) is 6.43 Å². The lowest BCUT2D eigenvalue weighted by molar-refractivity contribution is 0.225. The first-order valence-electron chi connectivity index (χ1n) is 6.92. The maximum atomic E-state index is 14.6. The van der Waals surface area contributed by atoms with Crippen molar-refractivity contribution in [3.63, 3.8) is 0 Å². The van der Waals surface area contributed by atoms with E-state index in [0.717, 1.165) is 0 Å². The fraction of sp³-hybridized carbons (Fsp3) is 0.118. The van der Waals surface area contributed by atoms with Crippen molar-refractivity contribution in [2.75, 3.05) is 7.05 Å². The summed E-state index contributed by atoms with van der Waals surface area (Å²) in [5.74, 6) is -0.571. The fourth-order valence-electron chi connectivity index (χ4n) is 2.57. The maximum Gasteiger partial charge on any atom is 0.286 e. The molecule has 1 heterocycles. The largest absolute Gasteiger partial charge is 0.286 e. The quantitative estimate of drug-likeness (QED) is 0.615. The fourth-order valence-corrected chi connectivity index (χ4v) is 2.86. The molecule has 2 aromatic rings. The predicted octanol–water partition coefficient (Wildman–Crippen LogP) is 5.69. The molecular formula is C17H11Cl2F3N2+. The van der Waals surface area contributed by atoms with Crippen molar-refractivity contribution >= 4 is 34.6 Å². The van der Waals surface area contributed by atoms with Crippen LogP contribution in [0.15, 0.2) is 47.7 Å². The standard InChI is InChI=1S/C17H11Cl2F3N2/c1-24(8-7-15(23-24)17(21)22)16-11(3-2-4-14(16)20)10-5-6-12(18)13(19)9-10/h2-6,8-9,17H,1H3/q+1. The lowest BCUT2D eigenvalue weighted by atomic mass is 10.0. The monoisotopic (exact) mass is 370 g/mol. The average molecular weight is 371 g/mol. The second-order valence-electron chi connectivity index (χ2n) is 5.35. The molecule has 1 unspecified atom stereocenters. The molecule has 2 nitrogen and oxygen atoms in total. The smallest absolute Gasteiger partial charge is 0.203 e. The van der Waals surface area contributed by atoms with E-state index in [9.17, 15) is 13.2 Å². The van der Waals surface area contributed by atoms with Crippen molar-refractivity contribution in [1.29, 1.82) is 0 Å². The number of quaternary nitrogens is 1. The summed E-state index contributed by atoms with van der Waals surface area (Å²) in [6.45, 7) is 0. The van der Waals surface area contributed by atoms with E-state index < -0.39 is 22.5 Å². The van der Waals surface area contributed by atoms with Gasteiger partial charge < -0.3 is 0 Å². The van der Waals surface area contributed by atoms with Crippen molar-refractivity contribution in [3.8, 4) is 11.1 Å². The molecule has 0 saturated carbocycles. The summed E-state index contributed by atoms with van der Waals surface area (Å²) >= 11 is 12.0. The van der Waals surface area contributed by atoms with Crippen LogP contribution in [0.2, 0.25) is 10.0 Å². The third-order valence-electron chi connectivity index (χ3n) is 3.66. The van der Waals surface area contributed by atoms with Gasteiger partial charge in [0.2, 0.25) is 5.69 Å². The third-order valence-corrected chi connectivity index (χ3v) is 4.40. The molecule has 0 spiro atoms. The van der Waals surface area contributed by atoms with Crippen LogP contribution in [-0.2, 0) is 0 Å². The van der Waals surface area contributed by atoms with E-state index in [-0.39, 0.29) is 5.69 Å². The van der Waals surface area contributed by atoms with Gasteiger partial charge in [0, 0.05) is 5.56 Å². The van der Waals surface area contributed by atoms with Crippen LogP contribution in [0.25, 0.3) is 11.1 Å². The number of hydrogen-bond acceptors (Lipinski definition) is 1. The average Bonchev–Trinajstić information content (AvgIpc) is 2.93. The lowest BCUT2D eigenvalue weighted by Gasteiger charge is -2.23. The highest BCUT2D eigenvalue weighted by Gasteiger charge is 2.37. The van der Waals surface area contributed by atoms with Crippen LogP contribution >= 0.6 is 23.2 Å². The Morgan fingerprint density at radius 3 is 2.50 bits per heavy atom. The Kier molecular flexibility index (Phi) is 4.42. The number of allylic oxidation sites excluding steroid dienone is 1. The van der Waals surface area contributed by atoms with E-state index in [1.165, 1.54) is 25.4 Å². The van der Waals surface area contributed by atoms with Gasteiger partial charge in [-0.15, -0.1) is 4.59 Å². The van der Waals surface area contributed by atoms with Gasteiger partial charge >= 0.3 is 0 Å². The molecule has 0 amide bonds. The van der Waals surface area contributed by atoms with Gasteiger partial charge in [-0.05, 0) is 29.8 Å². The molecule has 1 aliphatic rings. The molecule has 0 fully saturated rings. The first kappa shape index (κ1) is 17.0. The molecule has 0 bridgehead atoms. The highest BCUT2D eigenvalue weighted by atomic mass is 35.5. The summed E-state index contributed by atoms with van der Waals surface area (Å²) in [6, 6.07) is 9.32. The Morgan fingerprint density at radius 1 is 1.12 bits per heavy atom. The molecule has 7 heteroatoms. The number of para-hydroxylation sites is 1. The normalized spacial score (nSPS) is 19.9. The van der Waals surface area contributed by atoms with Crippen LogP contribution in [0.1, 0.15) is 0 Å². The second-order valence-corrected chi connectivity index (χ2v) is 6.17. The zero-order chi connectivity index (χ0) is 17.5. The summed E-state index contributed by atoms with van der Waals surface area (Å²) in [4.78, 5) is 0. The topological polar surface area (TPSA) is 12.4 Å². The van der Waals surface area contributed by atoms with E-state index in [4.69, 9.17) is 23.2 Å². The number of nitrogens with zero attached hydrogens (tertiary/aromatic N) is 2. The van der Waals surface area contributed by atoms with Gasteiger partial charge in [-0.2, -0.15) is 0 Å². The van der Waals surface area contributed by atoms with Crippen molar-refractivity contribution in [1.82, 2.24) is 4.59 Å². The Hall–Kier alpha value is -1.82. The third kappa shape index (κ3) is 2.95. The van der Waals surface area contributed by atoms with Gasteiger partial charge in [-0.1, -0.05) is 40.4 Å². The molecule has 1 aliphatic heterocycles. The minimum absolute atomic E-state index is 0.124. The van der Waals surface area contributed by atoms with Crippen molar-refractivity contribution in [2.24, 2.45) is 5.10 Å². The SMILES string of the molecule is C[N+]1(c2c(F)cccc2-c2ccc(Cl)c(Cl)c2)C=[C]C(C(F)F)=N1. The van der Waals surface area contributed by atoms with Crippen molar-refractivity contribution in [3.05, 3.63) is 64.5 Å². The number of alkyl halides is 2. The van der Waals surface area contributed by atoms with Gasteiger partial charge in [-0.25, -0.2) is 13.2 Å². The van der Waals surface area contributed by atoms with Crippen LogP contribution < -0.4 is 4.59 Å². The van der Waals surface area contributed by atoms with Crippen LogP contribution in [0.5, 0.6) is 0 Å². The second kappa shape index (κ2) is 6.24. The Balaban J connectivity index is 2.20. The van der Waals surface area contributed by atoms with E-state index >= 15 is 0 Å². The van der Waals surface area contributed by atoms with E-state index in [0.29, 0.717) is 21.2 Å². The lowest BCUT2D eigenvalue weighted by Crippen LogP contribution is -2.32. The Labute approximate surface area is 147 Å². The highest BCUT2D eigenvalue weighted by Crippen LogP contribution is 2.40. The molecular weight excluding hydrogens is 360 g/mol. The molecule has 0 N–H and O–H groups in total. The zero-order valence-electron chi connectivity index (χ0n) is 12.4. The van der Waals surface area contributed by atoms with E-state index in [1.807, 2.05) is 0 Å². The molecule has 3 rings (SSSR count). The predicted molar refractivity (Wildman–Crippen MR) is 90.8 cm³/mol. The number of hydrogen-bond donors (Lipinski definition) is 0. The minimum Gasteiger partial charge on any atom is -0.203 e. The van der Waals surface area contributed by atoms with Gasteiger partial charge in [0.15, 0.2) is 11.5 Å². The van der Waals surface area contributed by atoms with Crippen molar-refractivity contribution < 1.29 is 13.2 Å². The zero-order valence-corrected chi connectivity index (χ0v) is 13.9. The summed E-state index contributed by atoms with van der Waals surface area (Å²) in [6.07, 6.45) is 0.921. The van der Waals surface area contributed by atoms with Gasteiger partial charge in [0.1, 0.15) is 13.2 Å². The Morgan fingerprint density at radius 2 is 1.88 bits per heavy atom. The van der Waals surface area contributed by atoms with Gasteiger partial charge in [-0.3, -0.25) is 0 Å². The molecule has 0 saturated heterocycles. The Bertz CT molecular complexity index is 865. The summed E-state index contributed by atoms with van der Waals surface area (Å²) in [7, 11) is 1.50.